The molecule has 0 amide bonds. The zero-order valence-electron chi connectivity index (χ0n) is 32.5. The summed E-state index contributed by atoms with van der Waals surface area (Å²) in [6, 6.07) is 55.8. The molecule has 0 radical (unpaired) electrons. The first-order valence-corrected chi connectivity index (χ1v) is 20.4. The molecule has 0 N–H and O–H groups in total. The Morgan fingerprint density at radius 1 is 0.474 bits per heavy atom. The van der Waals surface area contributed by atoms with Crippen molar-refractivity contribution in [2.75, 3.05) is 0 Å². The Kier molecular flexibility index (Phi) is 8.75. The van der Waals surface area contributed by atoms with Crippen LogP contribution in [0.15, 0.2) is 152 Å². The van der Waals surface area contributed by atoms with E-state index < -0.39 is 0 Å². The van der Waals surface area contributed by atoms with Crippen LogP contribution in [-0.2, 0) is 5.41 Å². The summed E-state index contributed by atoms with van der Waals surface area (Å²) < 4.78 is 0. The number of hydrogen-bond donors (Lipinski definition) is 0. The Bertz CT molecular complexity index is 2740. The summed E-state index contributed by atoms with van der Waals surface area (Å²) in [5, 5.41) is 14.6. The highest BCUT2D eigenvalue weighted by atomic mass is 15.0. The summed E-state index contributed by atoms with van der Waals surface area (Å²) in [6.07, 6.45) is 6.75. The molecule has 8 aromatic rings. The number of benzene rings is 7. The molecule has 2 aliphatic rings. The van der Waals surface area contributed by atoms with E-state index in [1.165, 1.54) is 75.9 Å². The zero-order chi connectivity index (χ0) is 38.5. The van der Waals surface area contributed by atoms with Crippen molar-refractivity contribution >= 4 is 21.5 Å². The summed E-state index contributed by atoms with van der Waals surface area (Å²) in [7, 11) is 0. The highest BCUT2D eigenvalue weighted by Gasteiger charge is 2.45. The van der Waals surface area contributed by atoms with Crippen LogP contribution in [0.25, 0.3) is 78.0 Å². The van der Waals surface area contributed by atoms with Crippen LogP contribution in [0.1, 0.15) is 57.1 Å². The fraction of sp³-hybridized carbons (Fsp3) is 0.208. The predicted octanol–water partition coefficient (Wildman–Crippen LogP) is 13.5. The average molecular weight is 737 g/mol. The van der Waals surface area contributed by atoms with Gasteiger partial charge in [0.2, 0.25) is 0 Å². The number of rotatable bonds is 6. The van der Waals surface area contributed by atoms with Gasteiger partial charge in [-0.2, -0.15) is 5.26 Å². The summed E-state index contributed by atoms with van der Waals surface area (Å²) in [5.41, 5.74) is 9.92. The minimum atomic E-state index is 0.313. The summed E-state index contributed by atoms with van der Waals surface area (Å²) in [6.45, 7) is 4.95. The molecule has 4 heteroatoms. The van der Waals surface area contributed by atoms with E-state index >= 15 is 0 Å². The van der Waals surface area contributed by atoms with Crippen molar-refractivity contribution in [1.29, 1.82) is 5.26 Å². The van der Waals surface area contributed by atoms with E-state index in [0.29, 0.717) is 28.5 Å². The fourth-order valence-corrected chi connectivity index (χ4v) is 10.7. The first kappa shape index (κ1) is 35.0. The molecule has 57 heavy (non-hydrogen) atoms. The van der Waals surface area contributed by atoms with Crippen LogP contribution in [0, 0.1) is 29.1 Å². The van der Waals surface area contributed by atoms with Gasteiger partial charge in [-0.3, -0.25) is 0 Å². The smallest absolute Gasteiger partial charge is 0.164 e. The lowest BCUT2D eigenvalue weighted by Crippen LogP contribution is -2.42. The third-order valence-corrected chi connectivity index (χ3v) is 12.7. The molecule has 4 atom stereocenters. The van der Waals surface area contributed by atoms with Crippen molar-refractivity contribution in [3.63, 3.8) is 0 Å². The number of fused-ring (bicyclic) bond motifs is 4. The van der Waals surface area contributed by atoms with Crippen LogP contribution >= 0.6 is 0 Å². The monoisotopic (exact) mass is 736 g/mol. The van der Waals surface area contributed by atoms with Gasteiger partial charge in [0.25, 0.3) is 0 Å². The maximum absolute atomic E-state index is 9.59. The maximum atomic E-state index is 9.59. The second-order valence-electron chi connectivity index (χ2n) is 16.8. The Balaban J connectivity index is 1.07. The van der Waals surface area contributed by atoms with Crippen molar-refractivity contribution in [1.82, 2.24) is 15.0 Å². The van der Waals surface area contributed by atoms with Gasteiger partial charge in [0.05, 0.1) is 11.6 Å². The van der Waals surface area contributed by atoms with Crippen molar-refractivity contribution in [3.05, 3.63) is 163 Å². The molecule has 2 saturated carbocycles. The lowest BCUT2D eigenvalue weighted by atomic mass is 9.54. The van der Waals surface area contributed by atoms with Crippen molar-refractivity contribution in [2.45, 2.75) is 51.4 Å². The zero-order valence-corrected chi connectivity index (χ0v) is 32.5. The maximum Gasteiger partial charge on any atom is 0.164 e. The van der Waals surface area contributed by atoms with Crippen LogP contribution in [-0.4, -0.2) is 15.0 Å². The molecule has 2 bridgehead atoms. The molecular weight excluding hydrogens is 693 g/mol. The van der Waals surface area contributed by atoms with Gasteiger partial charge in [0, 0.05) is 16.7 Å². The van der Waals surface area contributed by atoms with Crippen molar-refractivity contribution in [3.8, 4) is 62.5 Å². The predicted molar refractivity (Wildman–Crippen MR) is 233 cm³/mol. The van der Waals surface area contributed by atoms with Gasteiger partial charge in [0.1, 0.15) is 0 Å². The minimum absolute atomic E-state index is 0.313. The third-order valence-electron chi connectivity index (χ3n) is 12.7. The van der Waals surface area contributed by atoms with E-state index in [2.05, 4.69) is 117 Å². The summed E-state index contributed by atoms with van der Waals surface area (Å²) in [5.74, 6) is 4.15. The molecule has 0 aliphatic heterocycles. The van der Waals surface area contributed by atoms with Gasteiger partial charge < -0.3 is 0 Å². The standard InChI is InChI=1S/C53H44N4/c1-34-27-37-28-35(2)31-53(30-34,32-37)43-25-23-39(24-26-43)49-46-17-8-6-15-44(46)48(45-16-7-9-18-47(45)49)38-19-21-41(22-20-38)51-55-50(40-12-4-3-5-13-40)56-52(57-51)42-14-10-11-36(29-42)33-54/h3-26,29,34-35,37H,27-28,30-32H2,1-2H3/t34-,35+,37?,53?. The van der Waals surface area contributed by atoms with Crippen molar-refractivity contribution in [2.24, 2.45) is 17.8 Å². The molecule has 2 unspecified atom stereocenters. The molecule has 2 aliphatic carbocycles. The molecule has 276 valence electrons. The van der Waals surface area contributed by atoms with E-state index in [1.54, 1.807) is 6.07 Å². The average Bonchev–Trinajstić information content (AvgIpc) is 3.25. The lowest BCUT2D eigenvalue weighted by molar-refractivity contribution is 0.0780. The van der Waals surface area contributed by atoms with Gasteiger partial charge in [-0.05, 0) is 117 Å². The van der Waals surface area contributed by atoms with Gasteiger partial charge in [-0.25, -0.2) is 15.0 Å². The van der Waals surface area contributed by atoms with E-state index in [4.69, 9.17) is 15.0 Å². The number of nitrogens with zero attached hydrogens (tertiary/aromatic N) is 4. The second kappa shape index (κ2) is 14.3. The molecule has 7 aromatic carbocycles. The molecular formula is C53H44N4. The van der Waals surface area contributed by atoms with E-state index in [9.17, 15) is 5.26 Å². The number of hydrogen-bond acceptors (Lipinski definition) is 4. The molecule has 0 spiro atoms. The third kappa shape index (κ3) is 6.38. The summed E-state index contributed by atoms with van der Waals surface area (Å²) >= 11 is 0. The fourth-order valence-electron chi connectivity index (χ4n) is 10.7. The van der Waals surface area contributed by atoms with Crippen LogP contribution in [0.2, 0.25) is 0 Å². The van der Waals surface area contributed by atoms with Gasteiger partial charge >= 0.3 is 0 Å². The van der Waals surface area contributed by atoms with Gasteiger partial charge in [-0.1, -0.05) is 153 Å². The Morgan fingerprint density at radius 2 is 0.912 bits per heavy atom. The molecule has 1 heterocycles. The highest BCUT2D eigenvalue weighted by Crippen LogP contribution is 2.54. The normalized spacial score (nSPS) is 20.3. The topological polar surface area (TPSA) is 62.5 Å². The summed E-state index contributed by atoms with van der Waals surface area (Å²) in [4.78, 5) is 14.8. The van der Waals surface area contributed by atoms with E-state index in [1.807, 2.05) is 48.5 Å². The highest BCUT2D eigenvalue weighted by molar-refractivity contribution is 6.21. The first-order valence-electron chi connectivity index (χ1n) is 20.4. The molecule has 0 saturated heterocycles. The van der Waals surface area contributed by atoms with Crippen LogP contribution in [0.4, 0.5) is 0 Å². The minimum Gasteiger partial charge on any atom is -0.208 e. The van der Waals surface area contributed by atoms with Crippen LogP contribution < -0.4 is 0 Å². The quantitative estimate of drug-likeness (QED) is 0.159. The number of nitriles is 1. The second-order valence-corrected chi connectivity index (χ2v) is 16.8. The SMILES string of the molecule is C[C@@H]1CC2C[C@H](C)CC(c3ccc(-c4c5ccccc5c(-c5ccc(-c6nc(-c7ccccc7)nc(-c7cccc(C#N)c7)n6)cc5)c5ccccc45)cc3)(C2)C1. The first-order chi connectivity index (χ1) is 27.9. The largest absolute Gasteiger partial charge is 0.208 e. The molecule has 1 aromatic heterocycles. The van der Waals surface area contributed by atoms with E-state index in [0.717, 1.165) is 40.0 Å². The van der Waals surface area contributed by atoms with Gasteiger partial charge in [-0.15, -0.1) is 0 Å². The lowest BCUT2D eigenvalue weighted by Gasteiger charge is -2.50. The molecule has 10 rings (SSSR count). The van der Waals surface area contributed by atoms with Gasteiger partial charge in [0.15, 0.2) is 17.5 Å². The molecule has 2 fully saturated rings. The van der Waals surface area contributed by atoms with Crippen molar-refractivity contribution < 1.29 is 0 Å². The van der Waals surface area contributed by atoms with E-state index in [-0.39, 0.29) is 0 Å². The molecule has 4 nitrogen and oxygen atoms in total. The Morgan fingerprint density at radius 3 is 1.44 bits per heavy atom. The Labute approximate surface area is 334 Å². The Hall–Kier alpha value is -6.44. The number of aromatic nitrogens is 3. The van der Waals surface area contributed by atoms with Crippen LogP contribution in [0.3, 0.4) is 0 Å². The van der Waals surface area contributed by atoms with Crippen LogP contribution in [0.5, 0.6) is 0 Å².